The lowest BCUT2D eigenvalue weighted by Crippen LogP contribution is -2.35. The SMILES string of the molecule is CN1C(c2ccccc2)=NC(c2ccccc2)=NC1c1cccc(-c2cccc(-n3c4ccccc4c4cc(-c5ccc6c(c5)c5ccccc5n6-c5ccccc5)ccc43)c2)c1. The summed E-state index contributed by atoms with van der Waals surface area (Å²) in [7, 11) is 2.09. The van der Waals surface area contributed by atoms with Gasteiger partial charge in [-0.2, -0.15) is 0 Å². The minimum Gasteiger partial charge on any atom is -0.333 e. The molecule has 0 spiro atoms. The molecule has 0 aliphatic carbocycles. The van der Waals surface area contributed by atoms with Crippen LogP contribution in [0.4, 0.5) is 0 Å². The quantitative estimate of drug-likeness (QED) is 0.158. The maximum Gasteiger partial charge on any atom is 0.159 e. The van der Waals surface area contributed by atoms with Crippen LogP contribution in [0, 0.1) is 0 Å². The number of rotatable bonds is 7. The molecule has 0 saturated heterocycles. The summed E-state index contributed by atoms with van der Waals surface area (Å²) in [6.45, 7) is 0. The van der Waals surface area contributed by atoms with Gasteiger partial charge in [0, 0.05) is 51.1 Å². The molecule has 1 aliphatic heterocycles. The van der Waals surface area contributed by atoms with Crippen molar-refractivity contribution in [2.45, 2.75) is 6.17 Å². The van der Waals surface area contributed by atoms with Gasteiger partial charge in [0.1, 0.15) is 5.84 Å². The molecule has 0 radical (unpaired) electrons. The number of amidine groups is 2. The van der Waals surface area contributed by atoms with E-state index in [4.69, 9.17) is 9.98 Å². The van der Waals surface area contributed by atoms with Crippen molar-refractivity contribution in [1.29, 1.82) is 0 Å². The molecule has 1 unspecified atom stereocenters. The molecule has 0 saturated carbocycles. The van der Waals surface area contributed by atoms with E-state index in [1.165, 1.54) is 60.4 Å². The van der Waals surface area contributed by atoms with E-state index in [1.54, 1.807) is 0 Å². The molecular formula is C58H41N5. The maximum atomic E-state index is 5.26. The van der Waals surface area contributed by atoms with E-state index in [-0.39, 0.29) is 6.17 Å². The maximum absolute atomic E-state index is 5.26. The lowest BCUT2D eigenvalue weighted by molar-refractivity contribution is 0.383. The topological polar surface area (TPSA) is 37.8 Å². The highest BCUT2D eigenvalue weighted by Gasteiger charge is 2.27. The first kappa shape index (κ1) is 36.6. The molecular weight excluding hydrogens is 767 g/mol. The zero-order chi connectivity index (χ0) is 41.9. The van der Waals surface area contributed by atoms with E-state index >= 15 is 0 Å². The van der Waals surface area contributed by atoms with Crippen molar-refractivity contribution < 1.29 is 0 Å². The van der Waals surface area contributed by atoms with Gasteiger partial charge in [-0.1, -0.05) is 158 Å². The molecule has 1 aliphatic rings. The average molecular weight is 808 g/mol. The lowest BCUT2D eigenvalue weighted by Gasteiger charge is -2.32. The fraction of sp³-hybridized carbons (Fsp3) is 0.0345. The summed E-state index contributed by atoms with van der Waals surface area (Å²) >= 11 is 0. The molecule has 12 rings (SSSR count). The van der Waals surface area contributed by atoms with Crippen LogP contribution >= 0.6 is 0 Å². The first-order valence-electron chi connectivity index (χ1n) is 21.5. The summed E-state index contributed by atoms with van der Waals surface area (Å²) in [6.07, 6.45) is -0.259. The highest BCUT2D eigenvalue weighted by molar-refractivity contribution is 6.14. The Morgan fingerprint density at radius 1 is 0.349 bits per heavy atom. The molecule has 11 aromatic rings. The van der Waals surface area contributed by atoms with Crippen LogP contribution < -0.4 is 0 Å². The molecule has 63 heavy (non-hydrogen) atoms. The number of para-hydroxylation sites is 3. The zero-order valence-corrected chi connectivity index (χ0v) is 34.7. The Hall–Kier alpha value is -8.28. The molecule has 5 heteroatoms. The van der Waals surface area contributed by atoms with Crippen LogP contribution in [0.25, 0.3) is 77.2 Å². The van der Waals surface area contributed by atoms with E-state index < -0.39 is 0 Å². The summed E-state index contributed by atoms with van der Waals surface area (Å²) < 4.78 is 4.78. The number of aliphatic imine (C=N–C) groups is 2. The number of benzene rings is 9. The Labute approximate surface area is 365 Å². The fourth-order valence-electron chi connectivity index (χ4n) is 9.55. The predicted molar refractivity (Wildman–Crippen MR) is 262 cm³/mol. The number of aromatic nitrogens is 2. The second-order valence-corrected chi connectivity index (χ2v) is 16.3. The van der Waals surface area contributed by atoms with Crippen molar-refractivity contribution in [3.8, 4) is 33.6 Å². The number of fused-ring (bicyclic) bond motifs is 6. The van der Waals surface area contributed by atoms with Gasteiger partial charge < -0.3 is 14.0 Å². The van der Waals surface area contributed by atoms with Crippen LogP contribution in [-0.4, -0.2) is 32.8 Å². The molecule has 3 heterocycles. The standard InChI is InChI=1S/C58H41N5/c1-61-57(40-19-7-3-8-20-40)59-56(39-17-5-2-6-18-39)60-58(61)45-23-15-21-41(35-45)42-22-16-26-47(36-42)63-53-30-14-12-28-49(53)51-38-44(32-34-55(51)63)43-31-33-54-50(37-43)48-27-11-13-29-52(48)62(54)46-24-9-4-10-25-46/h2-38,58H,1H3. The second-order valence-electron chi connectivity index (χ2n) is 16.3. The van der Waals surface area contributed by atoms with Crippen molar-refractivity contribution >= 4 is 55.3 Å². The molecule has 5 nitrogen and oxygen atoms in total. The van der Waals surface area contributed by atoms with Gasteiger partial charge in [0.2, 0.25) is 0 Å². The monoisotopic (exact) mass is 807 g/mol. The predicted octanol–water partition coefficient (Wildman–Crippen LogP) is 14.1. The number of nitrogens with zero attached hydrogens (tertiary/aromatic N) is 5. The van der Waals surface area contributed by atoms with E-state index in [0.717, 1.165) is 45.2 Å². The van der Waals surface area contributed by atoms with E-state index in [1.807, 2.05) is 24.3 Å². The van der Waals surface area contributed by atoms with Crippen molar-refractivity contribution in [2.75, 3.05) is 7.05 Å². The summed E-state index contributed by atoms with van der Waals surface area (Å²) in [5, 5.41) is 4.96. The smallest absolute Gasteiger partial charge is 0.159 e. The van der Waals surface area contributed by atoms with Crippen LogP contribution in [0.3, 0.4) is 0 Å². The minimum absolute atomic E-state index is 0.259. The Morgan fingerprint density at radius 2 is 0.810 bits per heavy atom. The first-order chi connectivity index (χ1) is 31.2. The Morgan fingerprint density at radius 3 is 1.44 bits per heavy atom. The zero-order valence-electron chi connectivity index (χ0n) is 34.7. The third-order valence-electron chi connectivity index (χ3n) is 12.5. The van der Waals surface area contributed by atoms with Gasteiger partial charge in [0.25, 0.3) is 0 Å². The second kappa shape index (κ2) is 15.0. The van der Waals surface area contributed by atoms with Crippen molar-refractivity contribution in [3.05, 3.63) is 241 Å². The third kappa shape index (κ3) is 6.24. The highest BCUT2D eigenvalue weighted by atomic mass is 15.3. The summed E-state index contributed by atoms with van der Waals surface area (Å²) in [5.41, 5.74) is 14.9. The minimum atomic E-state index is -0.259. The van der Waals surface area contributed by atoms with Gasteiger partial charge >= 0.3 is 0 Å². The molecule has 9 aromatic carbocycles. The number of hydrogen-bond donors (Lipinski definition) is 0. The van der Waals surface area contributed by atoms with Crippen LogP contribution in [0.5, 0.6) is 0 Å². The molecule has 0 amide bonds. The van der Waals surface area contributed by atoms with Crippen LogP contribution in [0.2, 0.25) is 0 Å². The molecule has 0 bridgehead atoms. The highest BCUT2D eigenvalue weighted by Crippen LogP contribution is 2.39. The van der Waals surface area contributed by atoms with E-state index in [9.17, 15) is 0 Å². The summed E-state index contributed by atoms with van der Waals surface area (Å²) in [5.74, 6) is 1.63. The van der Waals surface area contributed by atoms with Gasteiger partial charge in [-0.05, 0) is 94.5 Å². The summed E-state index contributed by atoms with van der Waals surface area (Å²) in [6, 6.07) is 80.4. The first-order valence-corrected chi connectivity index (χ1v) is 21.5. The molecule has 0 N–H and O–H groups in total. The van der Waals surface area contributed by atoms with Crippen molar-refractivity contribution in [2.24, 2.45) is 9.98 Å². The third-order valence-corrected chi connectivity index (χ3v) is 12.5. The van der Waals surface area contributed by atoms with Crippen LogP contribution in [0.15, 0.2) is 234 Å². The molecule has 0 fully saturated rings. The average Bonchev–Trinajstić information content (AvgIpc) is 3.87. The van der Waals surface area contributed by atoms with Gasteiger partial charge in [-0.15, -0.1) is 0 Å². The Bertz CT molecular complexity index is 3580. The Kier molecular flexibility index (Phi) is 8.71. The fourth-order valence-corrected chi connectivity index (χ4v) is 9.55. The molecule has 2 aromatic heterocycles. The summed E-state index contributed by atoms with van der Waals surface area (Å²) in [4.78, 5) is 12.5. The van der Waals surface area contributed by atoms with Crippen LogP contribution in [-0.2, 0) is 0 Å². The van der Waals surface area contributed by atoms with Gasteiger partial charge in [0.05, 0.1) is 22.1 Å². The normalized spacial score (nSPS) is 14.1. The van der Waals surface area contributed by atoms with Gasteiger partial charge in [-0.3, -0.25) is 0 Å². The van der Waals surface area contributed by atoms with E-state index in [0.29, 0.717) is 0 Å². The molecule has 1 atom stereocenters. The van der Waals surface area contributed by atoms with Gasteiger partial charge in [-0.25, -0.2) is 9.98 Å². The van der Waals surface area contributed by atoms with E-state index in [2.05, 4.69) is 221 Å². The largest absolute Gasteiger partial charge is 0.333 e. The van der Waals surface area contributed by atoms with Gasteiger partial charge in [0.15, 0.2) is 12.0 Å². The lowest BCUT2D eigenvalue weighted by atomic mass is 10.00. The number of hydrogen-bond acceptors (Lipinski definition) is 3. The van der Waals surface area contributed by atoms with Crippen molar-refractivity contribution in [3.63, 3.8) is 0 Å². The van der Waals surface area contributed by atoms with Crippen molar-refractivity contribution in [1.82, 2.24) is 14.0 Å². The van der Waals surface area contributed by atoms with Crippen LogP contribution in [0.1, 0.15) is 22.9 Å². The Balaban J connectivity index is 0.931. The molecule has 298 valence electrons.